The van der Waals surface area contributed by atoms with Crippen molar-refractivity contribution >= 4 is 0 Å². The van der Waals surface area contributed by atoms with Crippen molar-refractivity contribution in [2.45, 2.75) is 72.3 Å². The highest BCUT2D eigenvalue weighted by molar-refractivity contribution is 5.03. The molecule has 0 spiro atoms. The monoisotopic (exact) mass is 306 g/mol. The molecule has 0 heterocycles. The Balaban J connectivity index is 1.31. The molecular formula is C20H38N2. The van der Waals surface area contributed by atoms with Crippen molar-refractivity contribution in [1.82, 2.24) is 10.6 Å². The average Bonchev–Trinajstić information content (AvgIpc) is 2.51. The van der Waals surface area contributed by atoms with Crippen molar-refractivity contribution in [2.24, 2.45) is 35.0 Å². The summed E-state index contributed by atoms with van der Waals surface area (Å²) in [6.45, 7) is 13.4. The minimum absolute atomic E-state index is 0.635. The topological polar surface area (TPSA) is 24.1 Å². The summed E-state index contributed by atoms with van der Waals surface area (Å²) in [6.07, 6.45) is 8.68. The van der Waals surface area contributed by atoms with Gasteiger partial charge in [-0.2, -0.15) is 0 Å². The molecule has 0 radical (unpaired) electrons. The zero-order chi connectivity index (χ0) is 15.7. The lowest BCUT2D eigenvalue weighted by atomic mass is 9.45. The Morgan fingerprint density at radius 3 is 2.55 bits per heavy atom. The second-order valence-electron chi connectivity index (χ2n) is 9.23. The molecule has 2 N–H and O–H groups in total. The van der Waals surface area contributed by atoms with Gasteiger partial charge in [0.1, 0.15) is 0 Å². The Hall–Kier alpha value is -0.0800. The van der Waals surface area contributed by atoms with Crippen LogP contribution in [0.4, 0.5) is 0 Å². The predicted molar refractivity (Wildman–Crippen MR) is 94.9 cm³/mol. The summed E-state index contributed by atoms with van der Waals surface area (Å²) in [7, 11) is 0. The lowest BCUT2D eigenvalue weighted by molar-refractivity contribution is -0.103. The summed E-state index contributed by atoms with van der Waals surface area (Å²) in [4.78, 5) is 0. The standard InChI is InChI=1S/C20H38N2/c1-14-6-5-7-19(15(14)2)22-11-10-21-13-16-8-9-17-12-18(16)20(17,3)4/h14-19,21-22H,5-13H2,1-4H3. The maximum Gasteiger partial charge on any atom is 0.00957 e. The lowest BCUT2D eigenvalue weighted by Gasteiger charge is -2.60. The van der Waals surface area contributed by atoms with Crippen molar-refractivity contribution in [3.8, 4) is 0 Å². The van der Waals surface area contributed by atoms with E-state index in [2.05, 4.69) is 38.3 Å². The summed E-state index contributed by atoms with van der Waals surface area (Å²) in [5.74, 6) is 4.71. The molecule has 6 atom stereocenters. The first kappa shape index (κ1) is 16.8. The minimum Gasteiger partial charge on any atom is -0.315 e. The molecule has 4 fully saturated rings. The third-order valence-electron chi connectivity index (χ3n) is 7.82. The summed E-state index contributed by atoms with van der Waals surface area (Å²) in [6, 6.07) is 0.756. The molecule has 128 valence electrons. The highest BCUT2D eigenvalue weighted by Crippen LogP contribution is 2.61. The van der Waals surface area contributed by atoms with Gasteiger partial charge in [-0.05, 0) is 67.2 Å². The molecule has 0 aromatic heterocycles. The number of hydrogen-bond donors (Lipinski definition) is 2. The van der Waals surface area contributed by atoms with Gasteiger partial charge in [-0.1, -0.05) is 40.5 Å². The minimum atomic E-state index is 0.635. The molecule has 4 aliphatic carbocycles. The molecule has 4 rings (SSSR count). The van der Waals surface area contributed by atoms with E-state index in [1.54, 1.807) is 0 Å². The molecule has 6 unspecified atom stereocenters. The maximum absolute atomic E-state index is 3.81. The Labute approximate surface area is 138 Å². The molecule has 2 heteroatoms. The molecule has 4 saturated carbocycles. The van der Waals surface area contributed by atoms with E-state index < -0.39 is 0 Å². The SMILES string of the molecule is CC1CCCC(NCCNCC2CCC3CC2C3(C)C)C1C. The summed E-state index contributed by atoms with van der Waals surface area (Å²) >= 11 is 0. The number of hydrogen-bond acceptors (Lipinski definition) is 2. The van der Waals surface area contributed by atoms with Crippen LogP contribution in [-0.2, 0) is 0 Å². The van der Waals surface area contributed by atoms with Crippen LogP contribution in [-0.4, -0.2) is 25.7 Å². The fourth-order valence-corrected chi connectivity index (χ4v) is 5.71. The highest BCUT2D eigenvalue weighted by atomic mass is 15.0. The number of rotatable bonds is 6. The van der Waals surface area contributed by atoms with E-state index in [0.717, 1.165) is 48.7 Å². The van der Waals surface area contributed by atoms with Gasteiger partial charge < -0.3 is 10.6 Å². The third kappa shape index (κ3) is 3.24. The Morgan fingerprint density at radius 2 is 1.82 bits per heavy atom. The van der Waals surface area contributed by atoms with Crippen LogP contribution < -0.4 is 10.6 Å². The molecule has 0 aliphatic heterocycles. The second-order valence-corrected chi connectivity index (χ2v) is 9.23. The highest BCUT2D eigenvalue weighted by Gasteiger charge is 2.53. The van der Waals surface area contributed by atoms with E-state index in [4.69, 9.17) is 0 Å². The van der Waals surface area contributed by atoms with Crippen LogP contribution in [0.3, 0.4) is 0 Å². The van der Waals surface area contributed by atoms with Crippen molar-refractivity contribution in [2.75, 3.05) is 19.6 Å². The van der Waals surface area contributed by atoms with Gasteiger partial charge in [0.2, 0.25) is 0 Å². The van der Waals surface area contributed by atoms with Gasteiger partial charge in [0.15, 0.2) is 0 Å². The van der Waals surface area contributed by atoms with Crippen molar-refractivity contribution in [3.05, 3.63) is 0 Å². The van der Waals surface area contributed by atoms with E-state index in [1.165, 1.54) is 45.1 Å². The van der Waals surface area contributed by atoms with Gasteiger partial charge in [-0.25, -0.2) is 0 Å². The third-order valence-corrected chi connectivity index (χ3v) is 7.82. The molecule has 4 aliphatic rings. The lowest BCUT2D eigenvalue weighted by Crippen LogP contribution is -2.54. The van der Waals surface area contributed by atoms with E-state index >= 15 is 0 Å². The fraction of sp³-hybridized carbons (Fsp3) is 1.00. The van der Waals surface area contributed by atoms with Crippen LogP contribution in [0.2, 0.25) is 0 Å². The first-order valence-electron chi connectivity index (χ1n) is 9.94. The van der Waals surface area contributed by atoms with Crippen molar-refractivity contribution in [1.29, 1.82) is 0 Å². The smallest absolute Gasteiger partial charge is 0.00957 e. The van der Waals surface area contributed by atoms with E-state index in [-0.39, 0.29) is 0 Å². The van der Waals surface area contributed by atoms with Gasteiger partial charge in [0.25, 0.3) is 0 Å². The van der Waals surface area contributed by atoms with Crippen LogP contribution in [0, 0.1) is 35.0 Å². The summed E-state index contributed by atoms with van der Waals surface area (Å²) in [5, 5.41) is 7.57. The van der Waals surface area contributed by atoms with Crippen molar-refractivity contribution < 1.29 is 0 Å². The molecule has 2 nitrogen and oxygen atoms in total. The van der Waals surface area contributed by atoms with Crippen LogP contribution in [0.25, 0.3) is 0 Å². The first-order valence-corrected chi connectivity index (χ1v) is 9.94. The quantitative estimate of drug-likeness (QED) is 0.723. The van der Waals surface area contributed by atoms with Gasteiger partial charge in [-0.15, -0.1) is 0 Å². The van der Waals surface area contributed by atoms with Gasteiger partial charge in [0, 0.05) is 19.1 Å². The van der Waals surface area contributed by atoms with Crippen molar-refractivity contribution in [3.63, 3.8) is 0 Å². The Bertz CT molecular complexity index is 363. The zero-order valence-electron chi connectivity index (χ0n) is 15.3. The summed E-state index contributed by atoms with van der Waals surface area (Å²) < 4.78 is 0. The average molecular weight is 307 g/mol. The fourth-order valence-electron chi connectivity index (χ4n) is 5.71. The van der Waals surface area contributed by atoms with Crippen LogP contribution in [0.1, 0.15) is 66.2 Å². The zero-order valence-corrected chi connectivity index (χ0v) is 15.3. The first-order chi connectivity index (χ1) is 10.5. The second kappa shape index (κ2) is 6.81. The molecule has 0 aromatic rings. The maximum atomic E-state index is 3.81. The molecule has 0 aromatic carbocycles. The number of fused-ring (bicyclic) bond motifs is 2. The largest absolute Gasteiger partial charge is 0.315 e. The van der Waals surface area contributed by atoms with Gasteiger partial charge in [0.05, 0.1) is 0 Å². The molecular weight excluding hydrogens is 268 g/mol. The van der Waals surface area contributed by atoms with E-state index in [0.29, 0.717) is 5.41 Å². The van der Waals surface area contributed by atoms with Gasteiger partial charge in [-0.3, -0.25) is 0 Å². The molecule has 2 bridgehead atoms. The van der Waals surface area contributed by atoms with E-state index in [9.17, 15) is 0 Å². The van der Waals surface area contributed by atoms with Gasteiger partial charge >= 0.3 is 0 Å². The molecule has 22 heavy (non-hydrogen) atoms. The summed E-state index contributed by atoms with van der Waals surface area (Å²) in [5.41, 5.74) is 0.635. The Kier molecular flexibility index (Phi) is 5.19. The number of nitrogens with one attached hydrogen (secondary N) is 2. The van der Waals surface area contributed by atoms with Crippen LogP contribution in [0.15, 0.2) is 0 Å². The predicted octanol–water partition coefficient (Wildman–Crippen LogP) is 4.06. The van der Waals surface area contributed by atoms with E-state index in [1.807, 2.05) is 0 Å². The Morgan fingerprint density at radius 1 is 1.00 bits per heavy atom. The molecule has 0 amide bonds. The van der Waals surface area contributed by atoms with Crippen LogP contribution >= 0.6 is 0 Å². The normalized spacial score (nSPS) is 43.6. The molecule has 0 saturated heterocycles. The van der Waals surface area contributed by atoms with Crippen LogP contribution in [0.5, 0.6) is 0 Å².